The van der Waals surface area contributed by atoms with Crippen LogP contribution >= 0.6 is 0 Å². The summed E-state index contributed by atoms with van der Waals surface area (Å²) in [4.78, 5) is 6.67. The van der Waals surface area contributed by atoms with Gasteiger partial charge in [-0.3, -0.25) is 0 Å². The van der Waals surface area contributed by atoms with Crippen LogP contribution in [0.25, 0.3) is 0 Å². The van der Waals surface area contributed by atoms with Crippen molar-refractivity contribution in [1.82, 2.24) is 14.3 Å². The zero-order valence-electron chi connectivity index (χ0n) is 10.2. The average Bonchev–Trinajstić information content (AvgIpc) is 2.86. The number of hydrogen-bond donors (Lipinski definition) is 1. The second kappa shape index (κ2) is 4.40. The van der Waals surface area contributed by atoms with Crippen LogP contribution in [0, 0.1) is 6.92 Å². The van der Waals surface area contributed by atoms with Gasteiger partial charge in [0.1, 0.15) is 5.82 Å². The maximum atomic E-state index is 12.3. The molecule has 7 heteroatoms. The maximum Gasteiger partial charge on any atom is 0.260 e. The fourth-order valence-electron chi connectivity index (χ4n) is 2.06. The molecular formula is C10H17N3O3S. The summed E-state index contributed by atoms with van der Waals surface area (Å²) in [5.74, 6) is 0.590. The molecule has 17 heavy (non-hydrogen) atoms. The minimum absolute atomic E-state index is 0.0706. The maximum absolute atomic E-state index is 12.3. The Labute approximate surface area is 101 Å². The Bertz CT molecular complexity index is 497. The lowest BCUT2D eigenvalue weighted by atomic mass is 10.2. The van der Waals surface area contributed by atoms with Crippen LogP contribution in [0.1, 0.15) is 19.2 Å². The van der Waals surface area contributed by atoms with Crippen molar-refractivity contribution >= 4 is 10.0 Å². The molecule has 1 aliphatic heterocycles. The molecular weight excluding hydrogens is 242 g/mol. The summed E-state index contributed by atoms with van der Waals surface area (Å²) in [6, 6.07) is -0.108. The number of ether oxygens (including phenoxy) is 1. The van der Waals surface area contributed by atoms with Crippen molar-refractivity contribution in [2.45, 2.75) is 37.4 Å². The van der Waals surface area contributed by atoms with Gasteiger partial charge in [-0.25, -0.2) is 13.4 Å². The minimum Gasteiger partial charge on any atom is -0.377 e. The van der Waals surface area contributed by atoms with Gasteiger partial charge >= 0.3 is 0 Å². The van der Waals surface area contributed by atoms with E-state index in [9.17, 15) is 8.42 Å². The number of aryl methyl sites for hydroxylation is 1. The van der Waals surface area contributed by atoms with Gasteiger partial charge in [0.05, 0.1) is 18.3 Å². The SMILES string of the molecule is Cc1ncc(S(=O)(=O)N(C)C2CCOC2C)[nH]1. The molecule has 2 atom stereocenters. The van der Waals surface area contributed by atoms with E-state index >= 15 is 0 Å². The molecule has 2 heterocycles. The summed E-state index contributed by atoms with van der Waals surface area (Å²) in [6.07, 6.45) is 2.00. The number of rotatable bonds is 3. The van der Waals surface area contributed by atoms with Crippen LogP contribution in [-0.2, 0) is 14.8 Å². The van der Waals surface area contributed by atoms with E-state index in [0.29, 0.717) is 12.4 Å². The van der Waals surface area contributed by atoms with Gasteiger partial charge < -0.3 is 9.72 Å². The normalized spacial score (nSPS) is 25.6. The van der Waals surface area contributed by atoms with E-state index in [2.05, 4.69) is 9.97 Å². The summed E-state index contributed by atoms with van der Waals surface area (Å²) < 4.78 is 31.3. The fraction of sp³-hybridized carbons (Fsp3) is 0.700. The van der Waals surface area contributed by atoms with Crippen LogP contribution in [-0.4, -0.2) is 48.5 Å². The highest BCUT2D eigenvalue weighted by atomic mass is 32.2. The monoisotopic (exact) mass is 259 g/mol. The molecule has 1 N–H and O–H groups in total. The van der Waals surface area contributed by atoms with Gasteiger partial charge in [-0.05, 0) is 20.3 Å². The Morgan fingerprint density at radius 2 is 2.29 bits per heavy atom. The third-order valence-corrected chi connectivity index (χ3v) is 4.93. The van der Waals surface area contributed by atoms with Crippen LogP contribution in [0.4, 0.5) is 0 Å². The lowest BCUT2D eigenvalue weighted by molar-refractivity contribution is 0.102. The number of likely N-dealkylation sites (N-methyl/N-ethyl adjacent to an activating group) is 1. The van der Waals surface area contributed by atoms with Crippen LogP contribution < -0.4 is 0 Å². The Kier molecular flexibility index (Phi) is 3.24. The molecule has 0 spiro atoms. The molecule has 6 nitrogen and oxygen atoms in total. The first-order valence-corrected chi connectivity index (χ1v) is 6.98. The van der Waals surface area contributed by atoms with Gasteiger partial charge in [0.25, 0.3) is 10.0 Å². The molecule has 2 unspecified atom stereocenters. The molecule has 0 bridgehead atoms. The zero-order valence-corrected chi connectivity index (χ0v) is 11.0. The number of H-pyrrole nitrogens is 1. The number of aromatic nitrogens is 2. The van der Waals surface area contributed by atoms with Crippen molar-refractivity contribution in [3.05, 3.63) is 12.0 Å². The average molecular weight is 259 g/mol. The van der Waals surface area contributed by atoms with E-state index in [4.69, 9.17) is 4.74 Å². The fourth-order valence-corrected chi connectivity index (χ4v) is 3.47. The Balaban J connectivity index is 2.26. The standard InChI is InChI=1S/C10H17N3O3S/c1-7-9(4-5-16-7)13(3)17(14,15)10-6-11-8(2)12-10/h6-7,9H,4-5H2,1-3H3,(H,11,12). The van der Waals surface area contributed by atoms with Crippen molar-refractivity contribution in [3.63, 3.8) is 0 Å². The van der Waals surface area contributed by atoms with E-state index in [1.54, 1.807) is 14.0 Å². The predicted molar refractivity (Wildman–Crippen MR) is 62.1 cm³/mol. The summed E-state index contributed by atoms with van der Waals surface area (Å²) in [7, 11) is -1.91. The van der Waals surface area contributed by atoms with Crippen LogP contribution in [0.3, 0.4) is 0 Å². The highest BCUT2D eigenvalue weighted by Crippen LogP contribution is 2.23. The Morgan fingerprint density at radius 3 is 2.76 bits per heavy atom. The molecule has 96 valence electrons. The lowest BCUT2D eigenvalue weighted by Crippen LogP contribution is -2.41. The number of imidazole rings is 1. The Hall–Kier alpha value is -0.920. The molecule has 0 aliphatic carbocycles. The van der Waals surface area contributed by atoms with Gasteiger partial charge in [0, 0.05) is 13.7 Å². The topological polar surface area (TPSA) is 75.3 Å². The molecule has 1 saturated heterocycles. The number of aromatic amines is 1. The van der Waals surface area contributed by atoms with Gasteiger partial charge in [-0.15, -0.1) is 0 Å². The summed E-state index contributed by atoms with van der Waals surface area (Å²) in [5, 5.41) is 0.136. The van der Waals surface area contributed by atoms with E-state index in [1.807, 2.05) is 6.92 Å². The van der Waals surface area contributed by atoms with Crippen molar-refractivity contribution in [2.75, 3.05) is 13.7 Å². The van der Waals surface area contributed by atoms with Gasteiger partial charge in [0.2, 0.25) is 0 Å². The molecule has 0 amide bonds. The van der Waals surface area contributed by atoms with Crippen LogP contribution in [0.15, 0.2) is 11.2 Å². The van der Waals surface area contributed by atoms with Crippen LogP contribution in [0.2, 0.25) is 0 Å². The number of nitrogens with one attached hydrogen (secondary N) is 1. The highest BCUT2D eigenvalue weighted by Gasteiger charge is 2.35. The second-order valence-corrected chi connectivity index (χ2v) is 6.25. The molecule has 1 aromatic rings. The van der Waals surface area contributed by atoms with Gasteiger partial charge in [-0.2, -0.15) is 4.31 Å². The summed E-state index contributed by atoms with van der Waals surface area (Å²) >= 11 is 0. The second-order valence-electron chi connectivity index (χ2n) is 4.29. The number of nitrogens with zero attached hydrogens (tertiary/aromatic N) is 2. The third kappa shape index (κ3) is 2.22. The van der Waals surface area contributed by atoms with Crippen molar-refractivity contribution in [2.24, 2.45) is 0 Å². The quantitative estimate of drug-likeness (QED) is 0.858. The first kappa shape index (κ1) is 12.5. The molecule has 2 rings (SSSR count). The number of hydrogen-bond acceptors (Lipinski definition) is 4. The molecule has 1 aromatic heterocycles. The summed E-state index contributed by atoms with van der Waals surface area (Å²) in [5.41, 5.74) is 0. The van der Waals surface area contributed by atoms with Crippen molar-refractivity contribution in [1.29, 1.82) is 0 Å². The van der Waals surface area contributed by atoms with Crippen molar-refractivity contribution < 1.29 is 13.2 Å². The van der Waals surface area contributed by atoms with E-state index in [-0.39, 0.29) is 17.2 Å². The molecule has 1 aliphatic rings. The molecule has 0 radical (unpaired) electrons. The molecule has 0 aromatic carbocycles. The molecule has 0 saturated carbocycles. The molecule has 1 fully saturated rings. The van der Waals surface area contributed by atoms with E-state index in [1.165, 1.54) is 10.5 Å². The predicted octanol–water partition coefficient (Wildman–Crippen LogP) is 0.516. The van der Waals surface area contributed by atoms with Crippen LogP contribution in [0.5, 0.6) is 0 Å². The highest BCUT2D eigenvalue weighted by molar-refractivity contribution is 7.89. The third-order valence-electron chi connectivity index (χ3n) is 3.14. The first-order chi connectivity index (χ1) is 7.93. The first-order valence-electron chi connectivity index (χ1n) is 5.54. The Morgan fingerprint density at radius 1 is 1.59 bits per heavy atom. The smallest absolute Gasteiger partial charge is 0.260 e. The zero-order chi connectivity index (χ0) is 12.6. The van der Waals surface area contributed by atoms with Gasteiger partial charge in [-0.1, -0.05) is 0 Å². The van der Waals surface area contributed by atoms with E-state index in [0.717, 1.165) is 6.42 Å². The van der Waals surface area contributed by atoms with Crippen molar-refractivity contribution in [3.8, 4) is 0 Å². The van der Waals surface area contributed by atoms with Gasteiger partial charge in [0.15, 0.2) is 5.03 Å². The number of sulfonamides is 1. The minimum atomic E-state index is -3.50. The van der Waals surface area contributed by atoms with E-state index < -0.39 is 10.0 Å². The lowest BCUT2D eigenvalue weighted by Gasteiger charge is -2.25. The summed E-state index contributed by atoms with van der Waals surface area (Å²) in [6.45, 7) is 4.22. The largest absolute Gasteiger partial charge is 0.377 e.